The Bertz CT molecular complexity index is 566. The zero-order valence-corrected chi connectivity index (χ0v) is 15.1. The van der Waals surface area contributed by atoms with Crippen LogP contribution in [0.4, 0.5) is 0 Å². The Morgan fingerprint density at radius 1 is 0.913 bits per heavy atom. The molecular weight excluding hydrogens is 302 g/mol. The van der Waals surface area contributed by atoms with Crippen LogP contribution in [0.25, 0.3) is 0 Å². The van der Waals surface area contributed by atoms with Gasteiger partial charge < -0.3 is 10.0 Å². The van der Waals surface area contributed by atoms with Crippen molar-refractivity contribution in [1.82, 2.24) is 4.90 Å². The molecule has 0 aromatic heterocycles. The molecular formula is C20H27NOS. The predicted molar refractivity (Wildman–Crippen MR) is 98.9 cm³/mol. The third-order valence-electron chi connectivity index (χ3n) is 4.18. The number of rotatable bonds is 8. The van der Waals surface area contributed by atoms with E-state index in [2.05, 4.69) is 74.2 Å². The number of nitrogens with zero attached hydrogens (tertiary/aromatic N) is 1. The largest absolute Gasteiger partial charge is 0.388 e. The fourth-order valence-corrected chi connectivity index (χ4v) is 3.51. The van der Waals surface area contributed by atoms with E-state index >= 15 is 0 Å². The van der Waals surface area contributed by atoms with E-state index in [4.69, 9.17) is 0 Å². The van der Waals surface area contributed by atoms with E-state index in [0.29, 0.717) is 0 Å². The van der Waals surface area contributed by atoms with Crippen molar-refractivity contribution in [1.29, 1.82) is 0 Å². The number of benzene rings is 2. The number of hydrogen-bond donors (Lipinski definition) is 1. The molecule has 2 aromatic carbocycles. The Morgan fingerprint density at radius 2 is 1.48 bits per heavy atom. The lowest BCUT2D eigenvalue weighted by Crippen LogP contribution is -2.30. The molecule has 0 aliphatic heterocycles. The van der Waals surface area contributed by atoms with Gasteiger partial charge in [0.05, 0.1) is 6.10 Å². The van der Waals surface area contributed by atoms with Crippen molar-refractivity contribution in [3.63, 3.8) is 0 Å². The van der Waals surface area contributed by atoms with Gasteiger partial charge in [0.2, 0.25) is 0 Å². The molecule has 0 bridgehead atoms. The Kier molecular flexibility index (Phi) is 7.15. The maximum atomic E-state index is 10.6. The summed E-state index contributed by atoms with van der Waals surface area (Å²) in [6.45, 7) is 9.43. The third-order valence-corrected chi connectivity index (χ3v) is 5.20. The normalized spacial score (nSPS) is 14.0. The topological polar surface area (TPSA) is 23.5 Å². The van der Waals surface area contributed by atoms with E-state index < -0.39 is 6.10 Å². The van der Waals surface area contributed by atoms with E-state index in [-0.39, 0.29) is 5.92 Å². The van der Waals surface area contributed by atoms with Crippen LogP contribution in [-0.2, 0) is 0 Å². The van der Waals surface area contributed by atoms with Crippen molar-refractivity contribution in [3.8, 4) is 0 Å². The molecule has 2 nitrogen and oxygen atoms in total. The molecule has 124 valence electrons. The molecule has 0 radical (unpaired) electrons. The molecule has 0 spiro atoms. The average molecular weight is 330 g/mol. The minimum atomic E-state index is -0.411. The standard InChI is InChI=1S/C20H27NOS/c1-4-21(5-2)15-16(3)20(22)17-11-13-19(14-12-17)23-18-9-7-6-8-10-18/h6-14,16,20,22H,4-5,15H2,1-3H3. The number of aliphatic hydroxyl groups is 1. The molecule has 23 heavy (non-hydrogen) atoms. The van der Waals surface area contributed by atoms with Crippen LogP contribution in [0.15, 0.2) is 64.4 Å². The van der Waals surface area contributed by atoms with Gasteiger partial charge in [-0.05, 0) is 48.8 Å². The van der Waals surface area contributed by atoms with Gasteiger partial charge in [-0.3, -0.25) is 0 Å². The summed E-state index contributed by atoms with van der Waals surface area (Å²) < 4.78 is 0. The van der Waals surface area contributed by atoms with Crippen LogP contribution in [0.3, 0.4) is 0 Å². The molecule has 3 heteroatoms. The van der Waals surface area contributed by atoms with Crippen LogP contribution in [0, 0.1) is 5.92 Å². The lowest BCUT2D eigenvalue weighted by atomic mass is 9.97. The van der Waals surface area contributed by atoms with Gasteiger partial charge in [0.25, 0.3) is 0 Å². The SMILES string of the molecule is CCN(CC)CC(C)C(O)c1ccc(Sc2ccccc2)cc1. The zero-order valence-electron chi connectivity index (χ0n) is 14.3. The molecule has 0 heterocycles. The van der Waals surface area contributed by atoms with E-state index in [0.717, 1.165) is 25.2 Å². The summed E-state index contributed by atoms with van der Waals surface area (Å²) in [6.07, 6.45) is -0.411. The minimum Gasteiger partial charge on any atom is -0.388 e. The third kappa shape index (κ3) is 5.38. The lowest BCUT2D eigenvalue weighted by Gasteiger charge is -2.26. The summed E-state index contributed by atoms with van der Waals surface area (Å²) in [5.74, 6) is 0.225. The summed E-state index contributed by atoms with van der Waals surface area (Å²) in [6, 6.07) is 18.6. The van der Waals surface area contributed by atoms with Gasteiger partial charge in [-0.15, -0.1) is 0 Å². The lowest BCUT2D eigenvalue weighted by molar-refractivity contribution is 0.0910. The van der Waals surface area contributed by atoms with Crippen molar-refractivity contribution in [2.75, 3.05) is 19.6 Å². The highest BCUT2D eigenvalue weighted by atomic mass is 32.2. The summed E-state index contributed by atoms with van der Waals surface area (Å²) >= 11 is 1.74. The summed E-state index contributed by atoms with van der Waals surface area (Å²) in [4.78, 5) is 4.78. The molecule has 0 saturated carbocycles. The van der Waals surface area contributed by atoms with Crippen LogP contribution >= 0.6 is 11.8 Å². The van der Waals surface area contributed by atoms with Gasteiger partial charge in [0.15, 0.2) is 0 Å². The molecule has 2 atom stereocenters. The second kappa shape index (κ2) is 9.11. The van der Waals surface area contributed by atoms with Crippen molar-refractivity contribution in [2.45, 2.75) is 36.7 Å². The Hall–Kier alpha value is -1.29. The predicted octanol–water partition coefficient (Wildman–Crippen LogP) is 4.85. The second-order valence-corrected chi connectivity index (χ2v) is 7.04. The van der Waals surface area contributed by atoms with Crippen molar-refractivity contribution in [3.05, 3.63) is 60.2 Å². The highest BCUT2D eigenvalue weighted by Crippen LogP contribution is 2.29. The fraction of sp³-hybridized carbons (Fsp3) is 0.400. The second-order valence-electron chi connectivity index (χ2n) is 5.89. The molecule has 0 aliphatic rings. The van der Waals surface area contributed by atoms with Crippen LogP contribution in [0.1, 0.15) is 32.4 Å². The Morgan fingerprint density at radius 3 is 2.04 bits per heavy atom. The Balaban J connectivity index is 1.98. The highest BCUT2D eigenvalue weighted by Gasteiger charge is 2.18. The summed E-state index contributed by atoms with van der Waals surface area (Å²) in [7, 11) is 0. The first-order valence-electron chi connectivity index (χ1n) is 8.37. The van der Waals surface area contributed by atoms with Crippen LogP contribution in [0.2, 0.25) is 0 Å². The Labute approximate surface area is 144 Å². The molecule has 2 rings (SSSR count). The highest BCUT2D eigenvalue weighted by molar-refractivity contribution is 7.99. The first kappa shape index (κ1) is 18.1. The monoisotopic (exact) mass is 329 g/mol. The maximum absolute atomic E-state index is 10.6. The van der Waals surface area contributed by atoms with Gasteiger partial charge in [0.1, 0.15) is 0 Å². The van der Waals surface area contributed by atoms with Gasteiger partial charge in [-0.25, -0.2) is 0 Å². The van der Waals surface area contributed by atoms with Crippen LogP contribution < -0.4 is 0 Å². The van der Waals surface area contributed by atoms with E-state index in [9.17, 15) is 5.11 Å². The first-order valence-corrected chi connectivity index (χ1v) is 9.19. The molecule has 0 fully saturated rings. The fourth-order valence-electron chi connectivity index (χ4n) is 2.68. The van der Waals surface area contributed by atoms with Gasteiger partial charge in [-0.1, -0.05) is 62.9 Å². The zero-order chi connectivity index (χ0) is 16.7. The maximum Gasteiger partial charge on any atom is 0.0827 e. The van der Waals surface area contributed by atoms with E-state index in [1.165, 1.54) is 9.79 Å². The van der Waals surface area contributed by atoms with Gasteiger partial charge in [0, 0.05) is 16.3 Å². The van der Waals surface area contributed by atoms with Gasteiger partial charge in [-0.2, -0.15) is 0 Å². The molecule has 0 aliphatic carbocycles. The van der Waals surface area contributed by atoms with Crippen molar-refractivity contribution < 1.29 is 5.11 Å². The number of hydrogen-bond acceptors (Lipinski definition) is 3. The molecule has 0 amide bonds. The van der Waals surface area contributed by atoms with Crippen molar-refractivity contribution >= 4 is 11.8 Å². The summed E-state index contributed by atoms with van der Waals surface area (Å²) in [5.41, 5.74) is 1.00. The van der Waals surface area contributed by atoms with Crippen LogP contribution in [-0.4, -0.2) is 29.6 Å². The molecule has 2 unspecified atom stereocenters. The minimum absolute atomic E-state index is 0.225. The van der Waals surface area contributed by atoms with Crippen molar-refractivity contribution in [2.24, 2.45) is 5.92 Å². The molecule has 1 N–H and O–H groups in total. The average Bonchev–Trinajstić information content (AvgIpc) is 2.60. The molecule has 0 saturated heterocycles. The first-order chi connectivity index (χ1) is 11.1. The van der Waals surface area contributed by atoms with E-state index in [1.54, 1.807) is 11.8 Å². The quantitative estimate of drug-likeness (QED) is 0.749. The number of aliphatic hydroxyl groups excluding tert-OH is 1. The van der Waals surface area contributed by atoms with E-state index in [1.807, 2.05) is 6.07 Å². The smallest absolute Gasteiger partial charge is 0.0827 e. The molecule has 2 aromatic rings. The summed E-state index contributed by atoms with van der Waals surface area (Å²) in [5, 5.41) is 10.6. The van der Waals surface area contributed by atoms with Gasteiger partial charge >= 0.3 is 0 Å². The van der Waals surface area contributed by atoms with Crippen LogP contribution in [0.5, 0.6) is 0 Å².